The molecule has 1 fully saturated rings. The minimum Gasteiger partial charge on any atom is -0.489 e. The van der Waals surface area contributed by atoms with Crippen molar-refractivity contribution in [2.24, 2.45) is 0 Å². The largest absolute Gasteiger partial charge is 0.489 e. The fourth-order valence-corrected chi connectivity index (χ4v) is 2.89. The Kier molecular flexibility index (Phi) is 4.85. The fraction of sp³-hybridized carbons (Fsp3) is 0.444. The van der Waals surface area contributed by atoms with Crippen LogP contribution in [0.1, 0.15) is 34.3 Å². The number of aryl methyl sites for hydroxylation is 2. The molecule has 0 radical (unpaired) electrons. The minimum absolute atomic E-state index is 0.0480. The van der Waals surface area contributed by atoms with Gasteiger partial charge in [-0.1, -0.05) is 11.2 Å². The third-order valence-corrected chi connectivity index (χ3v) is 4.41. The molecule has 0 aliphatic carbocycles. The lowest BCUT2D eigenvalue weighted by Crippen LogP contribution is -2.52. The van der Waals surface area contributed by atoms with Crippen molar-refractivity contribution in [3.8, 4) is 5.75 Å². The molecule has 6 heteroatoms. The lowest BCUT2D eigenvalue weighted by atomic mass is 10.1. The van der Waals surface area contributed by atoms with E-state index in [0.717, 1.165) is 36.7 Å². The summed E-state index contributed by atoms with van der Waals surface area (Å²) < 4.78 is 11.0. The molecule has 128 valence electrons. The van der Waals surface area contributed by atoms with Crippen LogP contribution in [-0.2, 0) is 6.61 Å². The minimum atomic E-state index is 0.0480. The zero-order valence-corrected chi connectivity index (χ0v) is 14.3. The molecule has 1 aliphatic rings. The zero-order chi connectivity index (χ0) is 17.1. The Hall–Kier alpha value is -2.34. The predicted octanol–water partition coefficient (Wildman–Crippen LogP) is 2.30. The monoisotopic (exact) mass is 329 g/mol. The normalized spacial score (nSPS) is 17.8. The molecule has 0 bridgehead atoms. The third-order valence-electron chi connectivity index (χ3n) is 4.41. The van der Waals surface area contributed by atoms with E-state index in [4.69, 9.17) is 9.26 Å². The van der Waals surface area contributed by atoms with E-state index in [1.807, 2.05) is 36.9 Å². The van der Waals surface area contributed by atoms with Gasteiger partial charge in [-0.05, 0) is 39.0 Å². The van der Waals surface area contributed by atoms with Gasteiger partial charge in [0.05, 0.1) is 11.3 Å². The lowest BCUT2D eigenvalue weighted by Gasteiger charge is -2.34. The number of nitrogens with one attached hydrogen (secondary N) is 1. The van der Waals surface area contributed by atoms with Gasteiger partial charge >= 0.3 is 0 Å². The second-order valence-electron chi connectivity index (χ2n) is 6.17. The van der Waals surface area contributed by atoms with Crippen molar-refractivity contribution in [1.82, 2.24) is 15.4 Å². The van der Waals surface area contributed by atoms with Gasteiger partial charge in [0.2, 0.25) is 0 Å². The van der Waals surface area contributed by atoms with E-state index in [-0.39, 0.29) is 11.9 Å². The summed E-state index contributed by atoms with van der Waals surface area (Å²) in [6, 6.07) is 7.53. The number of piperazine rings is 1. The number of amides is 1. The van der Waals surface area contributed by atoms with Crippen LogP contribution in [0.3, 0.4) is 0 Å². The molecular weight excluding hydrogens is 306 g/mol. The number of aromatic nitrogens is 1. The van der Waals surface area contributed by atoms with E-state index >= 15 is 0 Å². The van der Waals surface area contributed by atoms with Crippen LogP contribution < -0.4 is 10.1 Å². The maximum atomic E-state index is 12.7. The highest BCUT2D eigenvalue weighted by atomic mass is 16.5. The molecule has 1 aromatic carbocycles. The SMILES string of the molecule is Cc1noc(C)c1COc1cccc(C(=O)N2CCNC[C@@H]2C)c1. The van der Waals surface area contributed by atoms with Crippen molar-refractivity contribution in [2.45, 2.75) is 33.4 Å². The Labute approximate surface area is 141 Å². The first-order valence-corrected chi connectivity index (χ1v) is 8.22. The standard InChI is InChI=1S/C18H23N3O3/c1-12-10-19-7-8-21(12)18(22)15-5-4-6-16(9-15)23-11-17-13(2)20-24-14(17)3/h4-6,9,12,19H,7-8,10-11H2,1-3H3/t12-/m0/s1. The fourth-order valence-electron chi connectivity index (χ4n) is 2.89. The molecule has 0 saturated carbocycles. The van der Waals surface area contributed by atoms with Crippen molar-refractivity contribution in [2.75, 3.05) is 19.6 Å². The van der Waals surface area contributed by atoms with E-state index < -0.39 is 0 Å². The molecule has 1 saturated heterocycles. The van der Waals surface area contributed by atoms with Gasteiger partial charge in [-0.2, -0.15) is 0 Å². The molecular formula is C18H23N3O3. The van der Waals surface area contributed by atoms with Gasteiger partial charge in [0.25, 0.3) is 5.91 Å². The molecule has 1 amide bonds. The number of hydrogen-bond acceptors (Lipinski definition) is 5. The Morgan fingerprint density at radius 1 is 1.46 bits per heavy atom. The van der Waals surface area contributed by atoms with Crippen molar-refractivity contribution in [3.63, 3.8) is 0 Å². The molecule has 2 heterocycles. The molecule has 1 aromatic heterocycles. The average molecular weight is 329 g/mol. The van der Waals surface area contributed by atoms with Crippen LogP contribution in [0.5, 0.6) is 5.75 Å². The van der Waals surface area contributed by atoms with Gasteiger partial charge in [-0.15, -0.1) is 0 Å². The first-order valence-electron chi connectivity index (χ1n) is 8.22. The van der Waals surface area contributed by atoms with Crippen LogP contribution in [-0.4, -0.2) is 41.6 Å². The highest BCUT2D eigenvalue weighted by Gasteiger charge is 2.24. The van der Waals surface area contributed by atoms with Gasteiger partial charge < -0.3 is 19.5 Å². The van der Waals surface area contributed by atoms with Gasteiger partial charge in [0.15, 0.2) is 0 Å². The van der Waals surface area contributed by atoms with Crippen LogP contribution in [0.4, 0.5) is 0 Å². The summed E-state index contributed by atoms with van der Waals surface area (Å²) in [5, 5.41) is 7.22. The molecule has 1 N–H and O–H groups in total. The molecule has 24 heavy (non-hydrogen) atoms. The van der Waals surface area contributed by atoms with E-state index in [1.54, 1.807) is 6.07 Å². The van der Waals surface area contributed by atoms with Crippen LogP contribution in [0, 0.1) is 13.8 Å². The van der Waals surface area contributed by atoms with E-state index in [1.165, 1.54) is 0 Å². The number of carbonyl (C=O) groups excluding carboxylic acids is 1. The maximum Gasteiger partial charge on any atom is 0.254 e. The summed E-state index contributed by atoms with van der Waals surface area (Å²) in [4.78, 5) is 14.6. The van der Waals surface area contributed by atoms with E-state index in [0.29, 0.717) is 17.9 Å². The highest BCUT2D eigenvalue weighted by molar-refractivity contribution is 5.94. The molecule has 0 spiro atoms. The van der Waals surface area contributed by atoms with Gasteiger partial charge in [-0.3, -0.25) is 4.79 Å². The summed E-state index contributed by atoms with van der Waals surface area (Å²) in [7, 11) is 0. The van der Waals surface area contributed by atoms with E-state index in [2.05, 4.69) is 17.4 Å². The molecule has 3 rings (SSSR count). The molecule has 6 nitrogen and oxygen atoms in total. The summed E-state index contributed by atoms with van der Waals surface area (Å²) >= 11 is 0. The second kappa shape index (κ2) is 7.05. The highest BCUT2D eigenvalue weighted by Crippen LogP contribution is 2.20. The van der Waals surface area contributed by atoms with Crippen LogP contribution in [0.25, 0.3) is 0 Å². The zero-order valence-electron chi connectivity index (χ0n) is 14.3. The summed E-state index contributed by atoms with van der Waals surface area (Å²) in [5.41, 5.74) is 2.43. The summed E-state index contributed by atoms with van der Waals surface area (Å²) in [6.07, 6.45) is 0. The number of hydrogen-bond donors (Lipinski definition) is 1. The quantitative estimate of drug-likeness (QED) is 0.932. The van der Waals surface area contributed by atoms with Crippen molar-refractivity contribution < 1.29 is 14.1 Å². The number of benzene rings is 1. The lowest BCUT2D eigenvalue weighted by molar-refractivity contribution is 0.0655. The van der Waals surface area contributed by atoms with Gasteiger partial charge in [0.1, 0.15) is 18.1 Å². The Bertz CT molecular complexity index is 707. The number of nitrogens with zero attached hydrogens (tertiary/aromatic N) is 2. The smallest absolute Gasteiger partial charge is 0.254 e. The maximum absolute atomic E-state index is 12.7. The summed E-state index contributed by atoms with van der Waals surface area (Å²) in [5.74, 6) is 1.48. The van der Waals surface area contributed by atoms with Crippen molar-refractivity contribution >= 4 is 5.91 Å². The average Bonchev–Trinajstić information content (AvgIpc) is 2.91. The predicted molar refractivity (Wildman–Crippen MR) is 90.1 cm³/mol. The molecule has 0 unspecified atom stereocenters. The summed E-state index contributed by atoms with van der Waals surface area (Å²) in [6.45, 7) is 8.58. The Morgan fingerprint density at radius 2 is 2.29 bits per heavy atom. The topological polar surface area (TPSA) is 67.6 Å². The Morgan fingerprint density at radius 3 is 3.00 bits per heavy atom. The van der Waals surface area contributed by atoms with Gasteiger partial charge in [0, 0.05) is 31.2 Å². The van der Waals surface area contributed by atoms with Crippen molar-refractivity contribution in [3.05, 3.63) is 46.8 Å². The third kappa shape index (κ3) is 3.43. The Balaban J connectivity index is 1.71. The first kappa shape index (κ1) is 16.5. The second-order valence-corrected chi connectivity index (χ2v) is 6.17. The molecule has 2 aromatic rings. The number of rotatable bonds is 4. The molecule has 1 atom stereocenters. The van der Waals surface area contributed by atoms with Crippen LogP contribution in [0.2, 0.25) is 0 Å². The van der Waals surface area contributed by atoms with Crippen LogP contribution in [0.15, 0.2) is 28.8 Å². The van der Waals surface area contributed by atoms with E-state index in [9.17, 15) is 4.79 Å². The van der Waals surface area contributed by atoms with Crippen molar-refractivity contribution in [1.29, 1.82) is 0 Å². The van der Waals surface area contributed by atoms with Crippen LogP contribution >= 0.6 is 0 Å². The number of carbonyl (C=O) groups is 1. The van der Waals surface area contributed by atoms with Gasteiger partial charge in [-0.25, -0.2) is 0 Å². The number of ether oxygens (including phenoxy) is 1. The molecule has 1 aliphatic heterocycles. The first-order chi connectivity index (χ1) is 11.6.